The number of methoxy groups -OCH3 is 1. The molecule has 2 aliphatic rings. The Morgan fingerprint density at radius 2 is 1.78 bits per heavy atom. The van der Waals surface area contributed by atoms with E-state index in [1.807, 2.05) is 47.4 Å². The van der Waals surface area contributed by atoms with Crippen LogP contribution in [0, 0.1) is 0 Å². The molecule has 2 heterocycles. The Morgan fingerprint density at radius 1 is 1.06 bits per heavy atom. The van der Waals surface area contributed by atoms with Gasteiger partial charge in [-0.15, -0.1) is 0 Å². The molecule has 1 fully saturated rings. The fourth-order valence-electron chi connectivity index (χ4n) is 5.11. The summed E-state index contributed by atoms with van der Waals surface area (Å²) in [5.41, 5.74) is 3.68. The molecule has 0 radical (unpaired) electrons. The van der Waals surface area contributed by atoms with Crippen LogP contribution in [-0.4, -0.2) is 48.3 Å². The largest absolute Gasteiger partial charge is 0.497 e. The summed E-state index contributed by atoms with van der Waals surface area (Å²) in [5.74, 6) is 0.860. The predicted octanol–water partition coefficient (Wildman–Crippen LogP) is 4.34. The van der Waals surface area contributed by atoms with Crippen LogP contribution in [0.4, 0.5) is 5.69 Å². The van der Waals surface area contributed by atoms with E-state index in [0.29, 0.717) is 18.7 Å². The molecule has 32 heavy (non-hydrogen) atoms. The molecule has 1 saturated heterocycles. The highest BCUT2D eigenvalue weighted by Gasteiger charge is 2.53. The van der Waals surface area contributed by atoms with E-state index < -0.39 is 0 Å². The van der Waals surface area contributed by atoms with Crippen molar-refractivity contribution in [2.75, 3.05) is 25.2 Å². The van der Waals surface area contributed by atoms with Crippen molar-refractivity contribution in [1.82, 2.24) is 4.90 Å². The smallest absolute Gasteiger partial charge is 0.258 e. The first-order chi connectivity index (χ1) is 15.6. The van der Waals surface area contributed by atoms with Crippen molar-refractivity contribution in [2.45, 2.75) is 24.5 Å². The molecule has 164 valence electrons. The maximum absolute atomic E-state index is 13.5. The SMILES string of the molecule is COc1ccc(C(=O)N2C[C@H]3[C@@H](c4ccccc42)[C@@H](CO)N3Cc2ccccc2Cl)cc1. The molecule has 5 nitrogen and oxygen atoms in total. The molecule has 3 aromatic rings. The Bertz CT molecular complexity index is 1130. The Balaban J connectivity index is 1.48. The molecule has 3 atom stereocenters. The van der Waals surface area contributed by atoms with Gasteiger partial charge in [0.25, 0.3) is 5.91 Å². The van der Waals surface area contributed by atoms with Crippen LogP contribution >= 0.6 is 11.6 Å². The number of aliphatic hydroxyl groups is 1. The average molecular weight is 449 g/mol. The average Bonchev–Trinajstić information content (AvgIpc) is 2.83. The first-order valence-corrected chi connectivity index (χ1v) is 11.1. The molecular formula is C26H25ClN2O3. The molecule has 3 aromatic carbocycles. The summed E-state index contributed by atoms with van der Waals surface area (Å²) >= 11 is 6.42. The Kier molecular flexibility index (Phi) is 5.64. The molecule has 6 heteroatoms. The number of benzene rings is 3. The molecule has 1 N–H and O–H groups in total. The summed E-state index contributed by atoms with van der Waals surface area (Å²) < 4.78 is 5.23. The summed E-state index contributed by atoms with van der Waals surface area (Å²) in [5, 5.41) is 10.9. The molecule has 5 rings (SSSR count). The van der Waals surface area contributed by atoms with Gasteiger partial charge in [0, 0.05) is 47.4 Å². The van der Waals surface area contributed by atoms with Crippen LogP contribution < -0.4 is 9.64 Å². The Labute approximate surface area is 192 Å². The number of para-hydroxylation sites is 1. The lowest BCUT2D eigenvalue weighted by Crippen LogP contribution is -2.68. The second-order valence-corrected chi connectivity index (χ2v) is 8.72. The summed E-state index contributed by atoms with van der Waals surface area (Å²) in [6, 6.07) is 23.2. The number of nitrogens with zero attached hydrogens (tertiary/aromatic N) is 2. The van der Waals surface area contributed by atoms with E-state index >= 15 is 0 Å². The van der Waals surface area contributed by atoms with Crippen LogP contribution in [0.3, 0.4) is 0 Å². The summed E-state index contributed by atoms with van der Waals surface area (Å²) in [7, 11) is 1.61. The van der Waals surface area contributed by atoms with Crippen molar-refractivity contribution in [3.05, 3.63) is 94.5 Å². The summed E-state index contributed by atoms with van der Waals surface area (Å²) in [4.78, 5) is 17.6. The number of amides is 1. The minimum atomic E-state index is -0.0382. The van der Waals surface area contributed by atoms with Crippen molar-refractivity contribution < 1.29 is 14.6 Å². The summed E-state index contributed by atoms with van der Waals surface area (Å²) in [6.45, 7) is 1.26. The highest BCUT2D eigenvalue weighted by Crippen LogP contribution is 2.49. The van der Waals surface area contributed by atoms with Crippen LogP contribution in [0.5, 0.6) is 5.75 Å². The Hall–Kier alpha value is -2.86. The monoisotopic (exact) mass is 448 g/mol. The zero-order chi connectivity index (χ0) is 22.2. The second-order valence-electron chi connectivity index (χ2n) is 8.31. The van der Waals surface area contributed by atoms with Gasteiger partial charge in [-0.2, -0.15) is 0 Å². The van der Waals surface area contributed by atoms with Gasteiger partial charge in [-0.1, -0.05) is 48.0 Å². The molecule has 0 unspecified atom stereocenters. The maximum Gasteiger partial charge on any atom is 0.258 e. The molecule has 0 saturated carbocycles. The van der Waals surface area contributed by atoms with E-state index in [4.69, 9.17) is 16.3 Å². The normalized spacial score (nSPS) is 22.0. The zero-order valence-electron chi connectivity index (χ0n) is 17.8. The molecular weight excluding hydrogens is 424 g/mol. The quantitative estimate of drug-likeness (QED) is 0.631. The number of carbonyl (C=O) groups excluding carboxylic acids is 1. The van der Waals surface area contributed by atoms with Gasteiger partial charge in [-0.05, 0) is 47.5 Å². The molecule has 2 aliphatic heterocycles. The minimum Gasteiger partial charge on any atom is -0.497 e. The third kappa shape index (κ3) is 3.47. The molecule has 0 aromatic heterocycles. The van der Waals surface area contributed by atoms with Crippen LogP contribution in [-0.2, 0) is 6.54 Å². The number of likely N-dealkylation sites (tertiary alicyclic amines) is 1. The predicted molar refractivity (Wildman–Crippen MR) is 126 cm³/mol. The number of hydrogen-bond acceptors (Lipinski definition) is 4. The van der Waals surface area contributed by atoms with Gasteiger partial charge < -0.3 is 14.7 Å². The second kappa shape index (κ2) is 8.58. The van der Waals surface area contributed by atoms with Crippen LogP contribution in [0.1, 0.15) is 27.4 Å². The number of rotatable bonds is 5. The van der Waals surface area contributed by atoms with Crippen molar-refractivity contribution in [2.24, 2.45) is 0 Å². The minimum absolute atomic E-state index is 0.00402. The first-order valence-electron chi connectivity index (χ1n) is 10.8. The maximum atomic E-state index is 13.5. The number of hydrogen-bond donors (Lipinski definition) is 1. The fraction of sp³-hybridized carbons (Fsp3) is 0.269. The first kappa shape index (κ1) is 21.0. The van der Waals surface area contributed by atoms with E-state index in [-0.39, 0.29) is 30.5 Å². The molecule has 0 bridgehead atoms. The van der Waals surface area contributed by atoms with Gasteiger partial charge in [-0.25, -0.2) is 0 Å². The van der Waals surface area contributed by atoms with E-state index in [0.717, 1.165) is 27.6 Å². The van der Waals surface area contributed by atoms with Crippen LogP contribution in [0.25, 0.3) is 0 Å². The van der Waals surface area contributed by atoms with Crippen molar-refractivity contribution >= 4 is 23.2 Å². The van der Waals surface area contributed by atoms with Gasteiger partial charge in [0.05, 0.1) is 13.7 Å². The van der Waals surface area contributed by atoms with Crippen LogP contribution in [0.15, 0.2) is 72.8 Å². The van der Waals surface area contributed by atoms with Crippen LogP contribution in [0.2, 0.25) is 5.02 Å². The van der Waals surface area contributed by atoms with Gasteiger partial charge in [0.15, 0.2) is 0 Å². The number of halogens is 1. The Morgan fingerprint density at radius 3 is 2.50 bits per heavy atom. The van der Waals surface area contributed by atoms with Crippen molar-refractivity contribution in [3.8, 4) is 5.75 Å². The lowest BCUT2D eigenvalue weighted by molar-refractivity contribution is -0.0488. The van der Waals surface area contributed by atoms with Gasteiger partial charge in [0.2, 0.25) is 0 Å². The highest BCUT2D eigenvalue weighted by atomic mass is 35.5. The number of carbonyl (C=O) groups is 1. The third-order valence-corrected chi connectivity index (χ3v) is 7.09. The van der Waals surface area contributed by atoms with E-state index in [1.165, 1.54) is 0 Å². The standard InChI is InChI=1S/C26H25ClN2O3/c1-32-19-12-10-17(11-13-19)26(31)29-15-23-25(20-7-3-5-9-22(20)29)24(16-30)28(23)14-18-6-2-4-8-21(18)27/h2-13,23-25,30H,14-16H2,1H3/t23-,24+,25+/m0/s1. The lowest BCUT2D eigenvalue weighted by Gasteiger charge is -2.59. The lowest BCUT2D eigenvalue weighted by atomic mass is 9.71. The number of fused-ring (bicyclic) bond motifs is 3. The number of ether oxygens (including phenoxy) is 1. The molecule has 0 aliphatic carbocycles. The van der Waals surface area contributed by atoms with E-state index in [9.17, 15) is 9.90 Å². The molecule has 0 spiro atoms. The third-order valence-electron chi connectivity index (χ3n) is 6.72. The fourth-order valence-corrected chi connectivity index (χ4v) is 5.30. The number of aliphatic hydroxyl groups excluding tert-OH is 1. The van der Waals surface area contributed by atoms with Crippen molar-refractivity contribution in [1.29, 1.82) is 0 Å². The van der Waals surface area contributed by atoms with Gasteiger partial charge >= 0.3 is 0 Å². The summed E-state index contributed by atoms with van der Waals surface area (Å²) in [6.07, 6.45) is 0. The van der Waals surface area contributed by atoms with Gasteiger partial charge in [0.1, 0.15) is 5.75 Å². The topological polar surface area (TPSA) is 53.0 Å². The molecule has 1 amide bonds. The number of anilines is 1. The highest BCUT2D eigenvalue weighted by molar-refractivity contribution is 6.31. The van der Waals surface area contributed by atoms with E-state index in [2.05, 4.69) is 11.0 Å². The van der Waals surface area contributed by atoms with E-state index in [1.54, 1.807) is 31.4 Å². The zero-order valence-corrected chi connectivity index (χ0v) is 18.6. The van der Waals surface area contributed by atoms with Crippen molar-refractivity contribution in [3.63, 3.8) is 0 Å². The van der Waals surface area contributed by atoms with Gasteiger partial charge in [-0.3, -0.25) is 9.69 Å².